The molecule has 0 aromatic heterocycles. The fourth-order valence-electron chi connectivity index (χ4n) is 5.05. The molecule has 0 heterocycles. The lowest BCUT2D eigenvalue weighted by atomic mass is 10.2. The second kappa shape index (κ2) is 8.28. The lowest BCUT2D eigenvalue weighted by molar-refractivity contribution is -0.0524. The van der Waals surface area contributed by atoms with Gasteiger partial charge in [0.1, 0.15) is 5.76 Å². The Bertz CT molecular complexity index is 1090. The van der Waals surface area contributed by atoms with E-state index in [0.29, 0.717) is 13.0 Å². The van der Waals surface area contributed by atoms with Crippen LogP contribution in [0.3, 0.4) is 0 Å². The summed E-state index contributed by atoms with van der Waals surface area (Å²) in [5, 5.41) is 2.00. The van der Waals surface area contributed by atoms with E-state index < -0.39 is 23.9 Å². The summed E-state index contributed by atoms with van der Waals surface area (Å²) in [5.41, 5.74) is -5.44. The van der Waals surface area contributed by atoms with Gasteiger partial charge in [-0.15, -0.1) is 0 Å². The fourth-order valence-corrected chi connectivity index (χ4v) is 10.2. The smallest absolute Gasteiger partial charge is 0.407 e. The summed E-state index contributed by atoms with van der Waals surface area (Å²) in [5.74, 6) is -0.495. The van der Waals surface area contributed by atoms with Gasteiger partial charge in [0.2, 0.25) is 0 Å². The van der Waals surface area contributed by atoms with Crippen LogP contribution >= 0.6 is 0 Å². The molecule has 0 amide bonds. The van der Waals surface area contributed by atoms with E-state index in [1.165, 1.54) is 6.08 Å². The van der Waals surface area contributed by atoms with E-state index in [9.17, 15) is 21.6 Å². The van der Waals surface area contributed by atoms with Crippen LogP contribution in [-0.4, -0.2) is 28.9 Å². The zero-order chi connectivity index (χ0) is 24.1. The number of halogens is 3. The predicted molar refractivity (Wildman–Crippen MR) is 123 cm³/mol. The van der Waals surface area contributed by atoms with Gasteiger partial charge in [-0.05, 0) is 39.7 Å². The number of hydrogen-bond donors (Lipinski definition) is 0. The zero-order valence-corrected chi connectivity index (χ0v) is 20.5. The Balaban J connectivity index is 1.60. The molecule has 3 atom stereocenters. The molecule has 0 spiro atoms. The third-order valence-corrected chi connectivity index (χ3v) is 12.6. The molecule has 0 saturated heterocycles. The first-order valence-corrected chi connectivity index (χ1v) is 14.2. The third kappa shape index (κ3) is 4.26. The van der Waals surface area contributed by atoms with Crippen LogP contribution in [0.25, 0.3) is 0 Å². The van der Waals surface area contributed by atoms with Crippen molar-refractivity contribution in [3.8, 4) is 0 Å². The van der Waals surface area contributed by atoms with Gasteiger partial charge < -0.3 is 8.61 Å². The minimum absolute atomic E-state index is 0.0432. The Morgan fingerprint density at radius 1 is 0.939 bits per heavy atom. The Hall–Kier alpha value is -2.10. The van der Waals surface area contributed by atoms with Crippen molar-refractivity contribution in [2.24, 2.45) is 17.8 Å². The van der Waals surface area contributed by atoms with Crippen LogP contribution < -0.4 is 10.4 Å². The summed E-state index contributed by atoms with van der Waals surface area (Å²) >= 11 is 0. The molecule has 2 aliphatic carbocycles. The van der Waals surface area contributed by atoms with Crippen LogP contribution in [0.1, 0.15) is 27.2 Å². The van der Waals surface area contributed by atoms with Gasteiger partial charge >= 0.3 is 15.6 Å². The van der Waals surface area contributed by atoms with Gasteiger partial charge in [0.05, 0.1) is 0 Å². The van der Waals surface area contributed by atoms with Crippen molar-refractivity contribution in [1.29, 1.82) is 0 Å². The molecule has 1 fully saturated rings. The van der Waals surface area contributed by atoms with Gasteiger partial charge in [0.25, 0.3) is 8.32 Å². The molecule has 1 saturated carbocycles. The molecule has 2 aromatic carbocycles. The SMILES string of the molecule is CC(C)(C)[Si](OC[C@H]1[C@@H]2CC=C(OS(=O)(=O)C(F)(F)F)[C@@H]21)(c1ccccc1)c1ccccc1. The lowest BCUT2D eigenvalue weighted by Gasteiger charge is -2.43. The van der Waals surface area contributed by atoms with E-state index in [2.05, 4.69) is 49.2 Å². The minimum Gasteiger partial charge on any atom is -0.407 e. The maximum Gasteiger partial charge on any atom is 0.534 e. The average Bonchev–Trinajstić information content (AvgIpc) is 3.28. The van der Waals surface area contributed by atoms with E-state index in [4.69, 9.17) is 4.43 Å². The molecule has 2 aromatic rings. The highest BCUT2D eigenvalue weighted by atomic mass is 32.2. The quantitative estimate of drug-likeness (QED) is 0.320. The lowest BCUT2D eigenvalue weighted by Crippen LogP contribution is -2.66. The summed E-state index contributed by atoms with van der Waals surface area (Å²) in [6.07, 6.45) is 1.94. The first-order chi connectivity index (χ1) is 15.4. The van der Waals surface area contributed by atoms with Crippen LogP contribution in [0.15, 0.2) is 72.5 Å². The molecule has 0 radical (unpaired) electrons. The maximum atomic E-state index is 12.8. The maximum absolute atomic E-state index is 12.8. The van der Waals surface area contributed by atoms with Crippen LogP contribution in [0.2, 0.25) is 5.04 Å². The van der Waals surface area contributed by atoms with Crippen LogP contribution in [0.5, 0.6) is 0 Å². The Morgan fingerprint density at radius 3 is 1.91 bits per heavy atom. The summed E-state index contributed by atoms with van der Waals surface area (Å²) in [4.78, 5) is 0. The normalized spacial score (nSPS) is 23.1. The summed E-state index contributed by atoms with van der Waals surface area (Å²) in [6.45, 7) is 6.78. The fraction of sp³-hybridized carbons (Fsp3) is 0.417. The van der Waals surface area contributed by atoms with Crippen molar-refractivity contribution in [2.75, 3.05) is 6.61 Å². The molecule has 0 aliphatic heterocycles. The van der Waals surface area contributed by atoms with Crippen molar-refractivity contribution in [3.63, 3.8) is 0 Å². The Morgan fingerprint density at radius 2 is 1.45 bits per heavy atom. The molecular weight excluding hydrogens is 469 g/mol. The van der Waals surface area contributed by atoms with Crippen molar-refractivity contribution in [2.45, 2.75) is 37.7 Å². The Labute approximate surface area is 193 Å². The van der Waals surface area contributed by atoms with Gasteiger partial charge in [-0.1, -0.05) is 81.4 Å². The molecule has 0 N–H and O–H groups in total. The number of alkyl halides is 3. The first-order valence-electron chi connectivity index (χ1n) is 10.8. The van der Waals surface area contributed by atoms with Crippen molar-refractivity contribution < 1.29 is 30.2 Å². The summed E-state index contributed by atoms with van der Waals surface area (Å²) < 4.78 is 72.6. The van der Waals surface area contributed by atoms with Gasteiger partial charge in [0.15, 0.2) is 0 Å². The van der Waals surface area contributed by atoms with Gasteiger partial charge in [-0.3, -0.25) is 0 Å². The molecule has 178 valence electrons. The van der Waals surface area contributed by atoms with Gasteiger partial charge in [-0.2, -0.15) is 21.6 Å². The molecule has 2 aliphatic rings. The van der Waals surface area contributed by atoms with E-state index >= 15 is 0 Å². The van der Waals surface area contributed by atoms with Gasteiger partial charge in [0, 0.05) is 12.5 Å². The first kappa shape index (κ1) is 24.0. The third-order valence-electron chi connectivity index (χ3n) is 6.65. The molecule has 0 bridgehead atoms. The number of hydrogen-bond acceptors (Lipinski definition) is 4. The molecule has 0 unspecified atom stereocenters. The molecular formula is C24H27F3O4SSi. The highest BCUT2D eigenvalue weighted by molar-refractivity contribution is 7.87. The average molecular weight is 497 g/mol. The standard InChI is InChI=1S/C24H27F3O4SSi/c1-23(2,3)33(17-10-6-4-7-11-17,18-12-8-5-9-13-18)30-16-20-19-14-15-21(22(19)20)31-32(28,29)24(25,26)27/h4-13,15,19-20,22H,14,16H2,1-3H3/t19-,20-,22-/m0/s1. The molecule has 4 rings (SSSR count). The monoisotopic (exact) mass is 496 g/mol. The van der Waals surface area contributed by atoms with Crippen molar-refractivity contribution in [3.05, 3.63) is 72.5 Å². The largest absolute Gasteiger partial charge is 0.534 e. The van der Waals surface area contributed by atoms with Crippen molar-refractivity contribution >= 4 is 28.8 Å². The topological polar surface area (TPSA) is 52.6 Å². The van der Waals surface area contributed by atoms with E-state index in [1.807, 2.05) is 36.4 Å². The van der Waals surface area contributed by atoms with Crippen LogP contribution in [0, 0.1) is 17.8 Å². The molecule has 33 heavy (non-hydrogen) atoms. The minimum atomic E-state index is -5.66. The van der Waals surface area contributed by atoms with Gasteiger partial charge in [-0.25, -0.2) is 0 Å². The van der Waals surface area contributed by atoms with E-state index in [-0.39, 0.29) is 28.6 Å². The predicted octanol–water partition coefficient (Wildman–Crippen LogP) is 4.58. The van der Waals surface area contributed by atoms with Crippen LogP contribution in [0.4, 0.5) is 13.2 Å². The number of fused-ring (bicyclic) bond motifs is 1. The number of allylic oxidation sites excluding steroid dienone is 2. The van der Waals surface area contributed by atoms with E-state index in [0.717, 1.165) is 10.4 Å². The zero-order valence-electron chi connectivity index (χ0n) is 18.7. The van der Waals surface area contributed by atoms with Crippen molar-refractivity contribution in [1.82, 2.24) is 0 Å². The highest BCUT2D eigenvalue weighted by Gasteiger charge is 2.60. The molecule has 4 nitrogen and oxygen atoms in total. The van der Waals surface area contributed by atoms with E-state index in [1.54, 1.807) is 0 Å². The van der Waals surface area contributed by atoms with Crippen LogP contribution in [-0.2, 0) is 18.7 Å². The highest BCUT2D eigenvalue weighted by Crippen LogP contribution is 2.59. The second-order valence-electron chi connectivity index (χ2n) is 9.65. The number of rotatable bonds is 7. The summed E-state index contributed by atoms with van der Waals surface area (Å²) in [6, 6.07) is 20.1. The summed E-state index contributed by atoms with van der Waals surface area (Å²) in [7, 11) is -8.44. The Kier molecular flexibility index (Phi) is 6.03. The molecule has 9 heteroatoms. The second-order valence-corrected chi connectivity index (χ2v) is 15.5. The number of benzene rings is 2.